The maximum Gasteiger partial charge on any atom is 0.500 e. The second-order valence-electron chi connectivity index (χ2n) is 8.11. The molecule has 35 heavy (non-hydrogen) atoms. The highest BCUT2D eigenvalue weighted by Gasteiger charge is 2.58. The van der Waals surface area contributed by atoms with E-state index in [-0.39, 0.29) is 19.2 Å². The maximum atomic E-state index is 13.5. The molecule has 14 heteroatoms. The highest BCUT2D eigenvalue weighted by Crippen LogP contribution is 2.31. The third-order valence-corrected chi connectivity index (χ3v) is 7.46. The number of hydrogen-bond donors (Lipinski definition) is 1. The number of benzene rings is 1. The van der Waals surface area contributed by atoms with Gasteiger partial charge in [0.15, 0.2) is 11.9 Å². The molecular formula is C21H24F3N4O6S+. The van der Waals surface area contributed by atoms with Gasteiger partial charge in [0.25, 0.3) is 21.0 Å². The fourth-order valence-electron chi connectivity index (χ4n) is 3.86. The smallest absolute Gasteiger partial charge is 0.490 e. The number of para-hydroxylation sites is 1. The predicted molar refractivity (Wildman–Crippen MR) is 114 cm³/mol. The molecule has 2 saturated heterocycles. The molecule has 0 radical (unpaired) electrons. The first-order chi connectivity index (χ1) is 16.7. The third-order valence-electron chi connectivity index (χ3n) is 5.64. The van der Waals surface area contributed by atoms with Gasteiger partial charge in [-0.05, 0) is 37.8 Å². The Labute approximate surface area is 199 Å². The zero-order valence-corrected chi connectivity index (χ0v) is 19.3. The van der Waals surface area contributed by atoms with E-state index in [0.29, 0.717) is 31.6 Å². The number of carbonyl (C=O) groups is 1. The summed E-state index contributed by atoms with van der Waals surface area (Å²) in [6.45, 7) is 0.320. The van der Waals surface area contributed by atoms with Crippen molar-refractivity contribution in [2.45, 2.75) is 50.7 Å². The largest absolute Gasteiger partial charge is 0.500 e. The first-order valence-corrected chi connectivity index (χ1v) is 12.5. The van der Waals surface area contributed by atoms with Crippen LogP contribution in [0.4, 0.5) is 13.2 Å². The number of nitrogens with zero attached hydrogens (tertiary/aromatic N) is 3. The number of carbonyl (C=O) groups excluding carboxylic acids is 1. The Morgan fingerprint density at radius 2 is 1.86 bits per heavy atom. The second kappa shape index (κ2) is 10.5. The lowest BCUT2D eigenvalue weighted by molar-refractivity contribution is -0.198. The maximum absolute atomic E-state index is 13.5. The molecule has 1 aromatic rings. The molecule has 0 aromatic heterocycles. The molecule has 0 spiro atoms. The highest BCUT2D eigenvalue weighted by molar-refractivity contribution is 7.93. The molecule has 3 aliphatic heterocycles. The molecule has 1 N–H and O–H groups in total. The summed E-state index contributed by atoms with van der Waals surface area (Å²) in [5.41, 5.74) is -1.05. The van der Waals surface area contributed by atoms with Gasteiger partial charge in [-0.25, -0.2) is 18.7 Å². The number of ether oxygens (including phenoxy) is 2. The van der Waals surface area contributed by atoms with Gasteiger partial charge in [0.2, 0.25) is 0 Å². The SMILES string of the molecule is O=C(NOC1CCCCO1)C1=C(S(=O)(=O)N2CCC(Oc3ccccc3)CC2)N=[N+]=C1C(F)(F)F. The molecule has 3 aliphatic rings. The lowest BCUT2D eigenvalue weighted by atomic mass is 10.1. The summed E-state index contributed by atoms with van der Waals surface area (Å²) in [5, 5.41) is 2.18. The summed E-state index contributed by atoms with van der Waals surface area (Å²) < 4.78 is 79.1. The molecule has 1 amide bonds. The monoisotopic (exact) mass is 517 g/mol. The molecule has 1 unspecified atom stereocenters. The van der Waals surface area contributed by atoms with Crippen LogP contribution in [0.15, 0.2) is 46.0 Å². The van der Waals surface area contributed by atoms with Gasteiger partial charge in [-0.2, -0.15) is 17.5 Å². The number of alkyl halides is 3. The van der Waals surface area contributed by atoms with E-state index in [1.165, 1.54) is 0 Å². The van der Waals surface area contributed by atoms with Gasteiger partial charge < -0.3 is 9.47 Å². The topological polar surface area (TPSA) is 121 Å². The molecule has 3 heterocycles. The lowest BCUT2D eigenvalue weighted by Gasteiger charge is -2.30. The van der Waals surface area contributed by atoms with Crippen LogP contribution in [0.1, 0.15) is 32.1 Å². The average Bonchev–Trinajstić information content (AvgIpc) is 3.31. The molecule has 0 saturated carbocycles. The summed E-state index contributed by atoms with van der Waals surface area (Å²) >= 11 is 0. The van der Waals surface area contributed by atoms with Gasteiger partial charge in [-0.3, -0.25) is 4.79 Å². The Morgan fingerprint density at radius 3 is 2.49 bits per heavy atom. The molecule has 0 bridgehead atoms. The molecule has 0 aliphatic carbocycles. The zero-order chi connectivity index (χ0) is 25.1. The van der Waals surface area contributed by atoms with E-state index in [1.807, 2.05) is 11.5 Å². The number of rotatable bonds is 7. The average molecular weight is 518 g/mol. The van der Waals surface area contributed by atoms with Gasteiger partial charge in [-0.1, -0.05) is 18.2 Å². The number of hydrogen-bond acceptors (Lipinski definition) is 7. The Hall–Kier alpha value is -2.77. The molecule has 190 valence electrons. The molecule has 10 nitrogen and oxygen atoms in total. The fraction of sp³-hybridized carbons (Fsp3) is 0.524. The number of nitrogens with one attached hydrogen (secondary N) is 1. The van der Waals surface area contributed by atoms with Crippen molar-refractivity contribution in [1.29, 1.82) is 0 Å². The number of piperidine rings is 1. The number of amides is 1. The fourth-order valence-corrected chi connectivity index (χ4v) is 5.39. The van der Waals surface area contributed by atoms with Crippen LogP contribution in [0.2, 0.25) is 0 Å². The minimum atomic E-state index is -5.11. The van der Waals surface area contributed by atoms with Crippen LogP contribution in [-0.4, -0.2) is 67.4 Å². The molecule has 2 fully saturated rings. The van der Waals surface area contributed by atoms with E-state index < -0.39 is 44.7 Å². The lowest BCUT2D eigenvalue weighted by Crippen LogP contribution is -2.43. The predicted octanol–water partition coefficient (Wildman–Crippen LogP) is 2.32. The molecule has 1 aromatic carbocycles. The minimum Gasteiger partial charge on any atom is -0.490 e. The summed E-state index contributed by atoms with van der Waals surface area (Å²) in [6.07, 6.45) is -3.65. The molecule has 1 atom stereocenters. The normalized spacial score (nSPS) is 22.3. The van der Waals surface area contributed by atoms with Crippen LogP contribution < -0.4 is 10.2 Å². The first-order valence-electron chi connectivity index (χ1n) is 11.1. The standard InChI is InChI=1S/C21H23F3N4O6S/c22-21(23,24)18-17(19(29)27-34-16-8-4-5-13-32-16)20(26-25-18)35(30,31)28-11-9-15(10-12-28)33-14-6-2-1-3-7-14/h1-3,6-7,15-16H,4-5,8-13H2/p+1. The Balaban J connectivity index is 1.49. The second-order valence-corrected chi connectivity index (χ2v) is 9.96. The van der Waals surface area contributed by atoms with E-state index >= 15 is 0 Å². The summed E-state index contributed by atoms with van der Waals surface area (Å²) in [4.78, 5) is 20.7. The van der Waals surface area contributed by atoms with Crippen LogP contribution in [0.3, 0.4) is 0 Å². The Kier molecular flexibility index (Phi) is 7.57. The van der Waals surface area contributed by atoms with E-state index in [0.717, 1.165) is 17.1 Å². The van der Waals surface area contributed by atoms with Crippen molar-refractivity contribution in [3.8, 4) is 5.75 Å². The first kappa shape index (κ1) is 25.3. The molecule has 4 rings (SSSR count). The van der Waals surface area contributed by atoms with Crippen molar-refractivity contribution in [3.63, 3.8) is 0 Å². The van der Waals surface area contributed by atoms with Crippen molar-refractivity contribution in [1.82, 2.24) is 9.79 Å². The quantitative estimate of drug-likeness (QED) is 0.438. The molecular weight excluding hydrogens is 493 g/mol. The van der Waals surface area contributed by atoms with E-state index in [1.54, 1.807) is 24.3 Å². The zero-order valence-electron chi connectivity index (χ0n) is 18.5. The van der Waals surface area contributed by atoms with Crippen LogP contribution in [0, 0.1) is 0 Å². The van der Waals surface area contributed by atoms with Crippen LogP contribution in [-0.2, 0) is 24.4 Å². The summed E-state index contributed by atoms with van der Waals surface area (Å²) in [5.74, 6) is -0.788. The van der Waals surface area contributed by atoms with Gasteiger partial charge in [0.05, 0.1) is 4.79 Å². The van der Waals surface area contributed by atoms with Crippen molar-refractivity contribution >= 4 is 21.6 Å². The van der Waals surface area contributed by atoms with Crippen molar-refractivity contribution in [3.05, 3.63) is 40.9 Å². The van der Waals surface area contributed by atoms with Crippen molar-refractivity contribution in [2.24, 2.45) is 5.11 Å². The minimum absolute atomic E-state index is 0.0263. The summed E-state index contributed by atoms with van der Waals surface area (Å²) in [7, 11) is -4.56. The van der Waals surface area contributed by atoms with Gasteiger partial charge in [0, 0.05) is 26.1 Å². The van der Waals surface area contributed by atoms with E-state index in [9.17, 15) is 26.4 Å². The van der Waals surface area contributed by atoms with Crippen LogP contribution in [0.5, 0.6) is 5.75 Å². The van der Waals surface area contributed by atoms with Crippen LogP contribution >= 0.6 is 0 Å². The Bertz CT molecular complexity index is 1140. The highest BCUT2D eigenvalue weighted by atomic mass is 32.2. The van der Waals surface area contributed by atoms with Crippen molar-refractivity contribution in [2.75, 3.05) is 19.7 Å². The van der Waals surface area contributed by atoms with E-state index in [2.05, 4.69) is 9.90 Å². The summed E-state index contributed by atoms with van der Waals surface area (Å²) in [6, 6.07) is 8.98. The van der Waals surface area contributed by atoms with Gasteiger partial charge in [0.1, 0.15) is 17.0 Å². The van der Waals surface area contributed by atoms with Gasteiger partial charge in [-0.15, -0.1) is 0 Å². The number of halogens is 3. The number of sulfonamides is 1. The van der Waals surface area contributed by atoms with Crippen LogP contribution in [0.25, 0.3) is 0 Å². The van der Waals surface area contributed by atoms with Crippen molar-refractivity contribution < 1.29 is 45.5 Å². The number of hydroxylamine groups is 1. The van der Waals surface area contributed by atoms with Gasteiger partial charge >= 0.3 is 11.9 Å². The van der Waals surface area contributed by atoms with E-state index in [4.69, 9.17) is 14.3 Å². The third kappa shape index (κ3) is 5.90. The Morgan fingerprint density at radius 1 is 1.14 bits per heavy atom.